The third-order valence-electron chi connectivity index (χ3n) is 3.00. The van der Waals surface area contributed by atoms with Crippen LogP contribution in [-0.4, -0.2) is 36.9 Å². The molecule has 0 amide bonds. The number of furan rings is 1. The Morgan fingerprint density at radius 1 is 1.42 bits per heavy atom. The summed E-state index contributed by atoms with van der Waals surface area (Å²) >= 11 is 0. The molecule has 104 valence electrons. The van der Waals surface area contributed by atoms with E-state index < -0.39 is 16.0 Å². The van der Waals surface area contributed by atoms with Gasteiger partial charge in [0.2, 0.25) is 15.8 Å². The Hall–Kier alpha value is -1.60. The van der Waals surface area contributed by atoms with Crippen LogP contribution in [0.5, 0.6) is 0 Å². The van der Waals surface area contributed by atoms with Crippen molar-refractivity contribution >= 4 is 16.0 Å². The van der Waals surface area contributed by atoms with E-state index >= 15 is 0 Å². The number of rotatable bonds is 3. The average molecular weight is 285 g/mol. The Kier molecular flexibility index (Phi) is 3.51. The maximum absolute atomic E-state index is 12.4. The Morgan fingerprint density at radius 2 is 2.11 bits per heavy atom. The molecule has 1 aromatic rings. The summed E-state index contributed by atoms with van der Waals surface area (Å²) in [6, 6.07) is 1.07. The van der Waals surface area contributed by atoms with Gasteiger partial charge in [-0.2, -0.15) is 4.31 Å². The van der Waals surface area contributed by atoms with E-state index in [-0.39, 0.29) is 16.4 Å². The van der Waals surface area contributed by atoms with E-state index in [4.69, 9.17) is 9.52 Å². The fourth-order valence-corrected chi connectivity index (χ4v) is 3.71. The lowest BCUT2D eigenvalue weighted by Gasteiger charge is -2.24. The minimum Gasteiger partial charge on any atom is -0.475 e. The molecule has 1 N–H and O–H groups in total. The maximum atomic E-state index is 12.4. The second-order valence-corrected chi connectivity index (χ2v) is 6.42. The molecular formula is C12H15NO5S. The zero-order valence-corrected chi connectivity index (χ0v) is 11.5. The van der Waals surface area contributed by atoms with Crippen molar-refractivity contribution in [3.05, 3.63) is 29.2 Å². The van der Waals surface area contributed by atoms with E-state index in [9.17, 15) is 13.2 Å². The number of hydrogen-bond donors (Lipinski definition) is 1. The number of sulfonamides is 1. The van der Waals surface area contributed by atoms with Gasteiger partial charge in [0.25, 0.3) is 0 Å². The van der Waals surface area contributed by atoms with Crippen LogP contribution in [0.25, 0.3) is 0 Å². The summed E-state index contributed by atoms with van der Waals surface area (Å²) in [7, 11) is -3.70. The molecule has 0 atom stereocenters. The average Bonchev–Trinajstić information content (AvgIpc) is 2.72. The summed E-state index contributed by atoms with van der Waals surface area (Å²) in [4.78, 5) is 10.7. The fraction of sp³-hybridized carbons (Fsp3) is 0.417. The summed E-state index contributed by atoms with van der Waals surface area (Å²) < 4.78 is 31.2. The first-order valence-corrected chi connectivity index (χ1v) is 7.26. The highest BCUT2D eigenvalue weighted by Gasteiger charge is 2.30. The third-order valence-corrected chi connectivity index (χ3v) is 4.95. The second kappa shape index (κ2) is 4.82. The van der Waals surface area contributed by atoms with Crippen LogP contribution in [-0.2, 0) is 10.0 Å². The van der Waals surface area contributed by atoms with E-state index in [1.165, 1.54) is 11.2 Å². The van der Waals surface area contributed by atoms with Gasteiger partial charge in [-0.15, -0.1) is 0 Å². The van der Waals surface area contributed by atoms with Crippen LogP contribution in [0.2, 0.25) is 0 Å². The third kappa shape index (κ3) is 2.57. The standard InChI is InChI=1S/C12H15NO5S/c1-8-4-3-5-13(7-8)19(16,17)11-6-10(12(14)15)18-9(11)2/h4,6H,3,5,7H2,1-2H3,(H,14,15). The number of carboxylic acids is 1. The monoisotopic (exact) mass is 285 g/mol. The smallest absolute Gasteiger partial charge is 0.371 e. The van der Waals surface area contributed by atoms with Crippen LogP contribution in [0.1, 0.15) is 29.7 Å². The van der Waals surface area contributed by atoms with Crippen molar-refractivity contribution in [3.8, 4) is 0 Å². The molecular weight excluding hydrogens is 270 g/mol. The largest absolute Gasteiger partial charge is 0.475 e. The van der Waals surface area contributed by atoms with Gasteiger partial charge in [0.1, 0.15) is 10.7 Å². The predicted octanol–water partition coefficient (Wildman–Crippen LogP) is 1.63. The summed E-state index contributed by atoms with van der Waals surface area (Å²) in [5, 5.41) is 8.83. The van der Waals surface area contributed by atoms with E-state index in [1.807, 2.05) is 13.0 Å². The zero-order valence-electron chi connectivity index (χ0n) is 10.7. The molecule has 0 fully saturated rings. The summed E-state index contributed by atoms with van der Waals surface area (Å²) in [5.74, 6) is -1.54. The Bertz CT molecular complexity index is 641. The molecule has 0 bridgehead atoms. The summed E-state index contributed by atoms with van der Waals surface area (Å²) in [6.45, 7) is 4.04. The van der Waals surface area contributed by atoms with Gasteiger partial charge in [-0.25, -0.2) is 13.2 Å². The van der Waals surface area contributed by atoms with Crippen molar-refractivity contribution in [2.45, 2.75) is 25.2 Å². The van der Waals surface area contributed by atoms with E-state index in [0.717, 1.165) is 11.6 Å². The Labute approximate surface area is 111 Å². The molecule has 1 aliphatic heterocycles. The number of aromatic carboxylic acids is 1. The maximum Gasteiger partial charge on any atom is 0.371 e. The van der Waals surface area contributed by atoms with Gasteiger partial charge in [-0.3, -0.25) is 0 Å². The van der Waals surface area contributed by atoms with Crippen LogP contribution in [0.15, 0.2) is 27.0 Å². The molecule has 1 aliphatic rings. The number of hydrogen-bond acceptors (Lipinski definition) is 4. The lowest BCUT2D eigenvalue weighted by atomic mass is 10.2. The van der Waals surface area contributed by atoms with Gasteiger partial charge in [0.05, 0.1) is 0 Å². The van der Waals surface area contributed by atoms with Crippen molar-refractivity contribution in [2.24, 2.45) is 0 Å². The fourth-order valence-electron chi connectivity index (χ4n) is 2.05. The van der Waals surface area contributed by atoms with E-state index in [0.29, 0.717) is 19.5 Å². The highest BCUT2D eigenvalue weighted by Crippen LogP contribution is 2.25. The van der Waals surface area contributed by atoms with Crippen molar-refractivity contribution < 1.29 is 22.7 Å². The molecule has 7 heteroatoms. The van der Waals surface area contributed by atoms with Crippen molar-refractivity contribution in [2.75, 3.05) is 13.1 Å². The number of aryl methyl sites for hydroxylation is 1. The van der Waals surface area contributed by atoms with E-state index in [2.05, 4.69) is 0 Å². The quantitative estimate of drug-likeness (QED) is 0.853. The molecule has 0 radical (unpaired) electrons. The summed E-state index contributed by atoms with van der Waals surface area (Å²) in [6.07, 6.45) is 2.66. The van der Waals surface area contributed by atoms with Gasteiger partial charge < -0.3 is 9.52 Å². The van der Waals surface area contributed by atoms with Crippen molar-refractivity contribution in [3.63, 3.8) is 0 Å². The lowest BCUT2D eigenvalue weighted by molar-refractivity contribution is 0.0661. The molecule has 2 rings (SSSR count). The Balaban J connectivity index is 2.40. The summed E-state index contributed by atoms with van der Waals surface area (Å²) in [5.41, 5.74) is 0.981. The van der Waals surface area contributed by atoms with Gasteiger partial charge in [-0.1, -0.05) is 11.6 Å². The minimum absolute atomic E-state index is 0.0698. The number of nitrogens with zero attached hydrogens (tertiary/aromatic N) is 1. The first-order valence-electron chi connectivity index (χ1n) is 5.82. The normalized spacial score (nSPS) is 17.3. The molecule has 6 nitrogen and oxygen atoms in total. The van der Waals surface area contributed by atoms with Gasteiger partial charge in [0.15, 0.2) is 0 Å². The first-order chi connectivity index (χ1) is 8.82. The van der Waals surface area contributed by atoms with Gasteiger partial charge >= 0.3 is 5.97 Å². The highest BCUT2D eigenvalue weighted by atomic mass is 32.2. The molecule has 0 saturated heterocycles. The van der Waals surface area contributed by atoms with Crippen LogP contribution < -0.4 is 0 Å². The molecule has 2 heterocycles. The van der Waals surface area contributed by atoms with Gasteiger partial charge in [-0.05, 0) is 20.3 Å². The number of carbonyl (C=O) groups is 1. The highest BCUT2D eigenvalue weighted by molar-refractivity contribution is 7.89. The zero-order chi connectivity index (χ0) is 14.2. The second-order valence-electron chi connectivity index (χ2n) is 4.51. The number of carboxylic acid groups (broad SMARTS) is 1. The lowest BCUT2D eigenvalue weighted by Crippen LogP contribution is -2.35. The van der Waals surface area contributed by atoms with Crippen LogP contribution in [0.4, 0.5) is 0 Å². The molecule has 0 aromatic carbocycles. The molecule has 0 unspecified atom stereocenters. The van der Waals surface area contributed by atoms with Crippen LogP contribution in [0.3, 0.4) is 0 Å². The van der Waals surface area contributed by atoms with Crippen LogP contribution in [0, 0.1) is 6.92 Å². The predicted molar refractivity (Wildman–Crippen MR) is 67.5 cm³/mol. The van der Waals surface area contributed by atoms with Gasteiger partial charge in [0, 0.05) is 19.2 Å². The topological polar surface area (TPSA) is 87.8 Å². The first kappa shape index (κ1) is 13.8. The molecule has 0 spiro atoms. The molecule has 0 aliphatic carbocycles. The minimum atomic E-state index is -3.70. The SMILES string of the molecule is CC1=CCCN(S(=O)(=O)c2cc(C(=O)O)oc2C)C1. The van der Waals surface area contributed by atoms with Crippen molar-refractivity contribution in [1.82, 2.24) is 4.31 Å². The van der Waals surface area contributed by atoms with E-state index in [1.54, 1.807) is 0 Å². The Morgan fingerprint density at radius 3 is 2.63 bits per heavy atom. The van der Waals surface area contributed by atoms with Crippen molar-refractivity contribution in [1.29, 1.82) is 0 Å². The van der Waals surface area contributed by atoms with Crippen LogP contribution >= 0.6 is 0 Å². The molecule has 1 aromatic heterocycles. The molecule has 19 heavy (non-hydrogen) atoms. The molecule has 0 saturated carbocycles.